The van der Waals surface area contributed by atoms with Crippen molar-refractivity contribution in [2.45, 2.75) is 13.1 Å². The predicted octanol–water partition coefficient (Wildman–Crippen LogP) is 3.11. The summed E-state index contributed by atoms with van der Waals surface area (Å²) in [5, 5.41) is -0.0625. The molecule has 1 rings (SSSR count). The molecule has 1 atom stereocenters. The van der Waals surface area contributed by atoms with E-state index in [0.29, 0.717) is 11.5 Å². The molecule has 0 radical (unpaired) electrons. The van der Waals surface area contributed by atoms with Crippen molar-refractivity contribution in [3.8, 4) is 0 Å². The highest BCUT2D eigenvalue weighted by Crippen LogP contribution is 2.33. The molecular formula is C11H13ClF3N3S. The third-order valence-corrected chi connectivity index (χ3v) is 3.22. The van der Waals surface area contributed by atoms with Crippen molar-refractivity contribution in [1.82, 2.24) is 4.98 Å². The average molecular weight is 312 g/mol. The molecule has 1 aromatic heterocycles. The molecule has 2 N–H and O–H groups in total. The van der Waals surface area contributed by atoms with E-state index in [4.69, 9.17) is 29.6 Å². The summed E-state index contributed by atoms with van der Waals surface area (Å²) in [7, 11) is 1.66. The third kappa shape index (κ3) is 4.21. The highest BCUT2D eigenvalue weighted by molar-refractivity contribution is 7.80. The summed E-state index contributed by atoms with van der Waals surface area (Å²) in [4.78, 5) is 5.69. The van der Waals surface area contributed by atoms with Crippen molar-refractivity contribution in [3.05, 3.63) is 22.8 Å². The second-order valence-electron chi connectivity index (χ2n) is 4.21. The van der Waals surface area contributed by atoms with Crippen LogP contribution in [0.25, 0.3) is 0 Å². The quantitative estimate of drug-likeness (QED) is 0.868. The Balaban J connectivity index is 2.94. The predicted molar refractivity (Wildman–Crippen MR) is 73.5 cm³/mol. The maximum Gasteiger partial charge on any atom is 0.417 e. The van der Waals surface area contributed by atoms with Crippen molar-refractivity contribution in [2.75, 3.05) is 18.5 Å². The largest absolute Gasteiger partial charge is 0.417 e. The highest BCUT2D eigenvalue weighted by atomic mass is 35.5. The van der Waals surface area contributed by atoms with Gasteiger partial charge in [-0.2, -0.15) is 13.2 Å². The van der Waals surface area contributed by atoms with Crippen LogP contribution in [0.3, 0.4) is 0 Å². The number of rotatable bonds is 4. The van der Waals surface area contributed by atoms with Crippen molar-refractivity contribution in [3.63, 3.8) is 0 Å². The van der Waals surface area contributed by atoms with Gasteiger partial charge < -0.3 is 10.6 Å². The summed E-state index contributed by atoms with van der Waals surface area (Å²) in [6, 6.07) is 0.853. The molecule has 0 saturated carbocycles. The minimum Gasteiger partial charge on any atom is -0.393 e. The first kappa shape index (κ1) is 16.0. The molecule has 0 spiro atoms. The summed E-state index contributed by atoms with van der Waals surface area (Å²) >= 11 is 10.7. The lowest BCUT2D eigenvalue weighted by atomic mass is 10.1. The van der Waals surface area contributed by atoms with E-state index in [1.165, 1.54) is 0 Å². The molecule has 0 fully saturated rings. The maximum absolute atomic E-state index is 12.5. The lowest BCUT2D eigenvalue weighted by Crippen LogP contribution is -2.32. The molecule has 1 unspecified atom stereocenters. The van der Waals surface area contributed by atoms with E-state index in [2.05, 4.69) is 4.98 Å². The number of pyridine rings is 1. The van der Waals surface area contributed by atoms with E-state index in [1.807, 2.05) is 6.92 Å². The Morgan fingerprint density at radius 3 is 2.58 bits per heavy atom. The molecule has 0 aliphatic heterocycles. The van der Waals surface area contributed by atoms with Gasteiger partial charge in [-0.05, 0) is 6.07 Å². The van der Waals surface area contributed by atoms with E-state index in [1.54, 1.807) is 11.9 Å². The number of halogens is 4. The first-order valence-electron chi connectivity index (χ1n) is 5.36. The van der Waals surface area contributed by atoms with Gasteiger partial charge in [0, 0.05) is 25.7 Å². The Hall–Kier alpha value is -1.08. The molecule has 8 heteroatoms. The number of nitrogens with zero attached hydrogens (tertiary/aromatic N) is 2. The lowest BCUT2D eigenvalue weighted by molar-refractivity contribution is -0.137. The molecule has 1 heterocycles. The van der Waals surface area contributed by atoms with Gasteiger partial charge in [-0.3, -0.25) is 0 Å². The Bertz CT molecular complexity index is 479. The van der Waals surface area contributed by atoms with Gasteiger partial charge in [0.15, 0.2) is 0 Å². The summed E-state index contributed by atoms with van der Waals surface area (Å²) in [6.07, 6.45) is -3.71. The number of hydrogen-bond donors (Lipinski definition) is 1. The molecule has 0 aliphatic carbocycles. The van der Waals surface area contributed by atoms with Crippen LogP contribution >= 0.6 is 23.8 Å². The van der Waals surface area contributed by atoms with Gasteiger partial charge >= 0.3 is 6.18 Å². The summed E-state index contributed by atoms with van der Waals surface area (Å²) in [5.41, 5.74) is 4.61. The van der Waals surface area contributed by atoms with Crippen LogP contribution in [0, 0.1) is 5.92 Å². The SMILES string of the molecule is CC(CN(C)c1ncc(C(F)(F)F)cc1Cl)C(N)=S. The fourth-order valence-corrected chi connectivity index (χ4v) is 1.84. The van der Waals surface area contributed by atoms with Gasteiger partial charge in [0.1, 0.15) is 5.82 Å². The maximum atomic E-state index is 12.5. The second kappa shape index (κ2) is 5.92. The fourth-order valence-electron chi connectivity index (χ4n) is 1.45. The minimum atomic E-state index is -4.46. The Labute approximate surface area is 119 Å². The first-order chi connectivity index (χ1) is 8.62. The number of anilines is 1. The molecule has 0 bridgehead atoms. The highest BCUT2D eigenvalue weighted by Gasteiger charge is 2.31. The van der Waals surface area contributed by atoms with Gasteiger partial charge in [0.25, 0.3) is 0 Å². The molecule has 0 aromatic carbocycles. The van der Waals surface area contributed by atoms with Crippen LogP contribution in [0.15, 0.2) is 12.3 Å². The smallest absolute Gasteiger partial charge is 0.393 e. The monoisotopic (exact) mass is 311 g/mol. The van der Waals surface area contributed by atoms with Crippen LogP contribution in [-0.4, -0.2) is 23.6 Å². The van der Waals surface area contributed by atoms with Crippen LogP contribution in [0.1, 0.15) is 12.5 Å². The number of thiocarbonyl (C=S) groups is 1. The molecule has 19 heavy (non-hydrogen) atoms. The van der Waals surface area contributed by atoms with Crippen molar-refractivity contribution >= 4 is 34.6 Å². The Kier molecular flexibility index (Phi) is 4.98. The normalized spacial score (nSPS) is 13.2. The summed E-state index contributed by atoms with van der Waals surface area (Å²) in [6.45, 7) is 2.24. The zero-order valence-corrected chi connectivity index (χ0v) is 11.9. The molecule has 0 amide bonds. The Morgan fingerprint density at radius 1 is 1.58 bits per heavy atom. The number of aromatic nitrogens is 1. The van der Waals surface area contributed by atoms with Crippen LogP contribution in [0.5, 0.6) is 0 Å². The molecule has 106 valence electrons. The minimum absolute atomic E-state index is 0.0625. The summed E-state index contributed by atoms with van der Waals surface area (Å²) in [5.74, 6) is 0.165. The molecular weight excluding hydrogens is 299 g/mol. The lowest BCUT2D eigenvalue weighted by Gasteiger charge is -2.23. The van der Waals surface area contributed by atoms with Gasteiger partial charge in [-0.1, -0.05) is 30.7 Å². The van der Waals surface area contributed by atoms with Crippen LogP contribution in [0.2, 0.25) is 5.02 Å². The third-order valence-electron chi connectivity index (χ3n) is 2.54. The average Bonchev–Trinajstić information content (AvgIpc) is 2.27. The molecule has 3 nitrogen and oxygen atoms in total. The standard InChI is InChI=1S/C11H13ClF3N3S/c1-6(9(16)19)5-18(2)10-8(12)3-7(4-17-10)11(13,14)15/h3-4,6H,5H2,1-2H3,(H2,16,19). The number of hydrogen-bond acceptors (Lipinski definition) is 3. The number of nitrogens with two attached hydrogens (primary N) is 1. The van der Waals surface area contributed by atoms with Gasteiger partial charge in [0.05, 0.1) is 15.6 Å². The zero-order chi connectivity index (χ0) is 14.8. The Morgan fingerprint density at radius 2 is 2.16 bits per heavy atom. The van der Waals surface area contributed by atoms with E-state index in [9.17, 15) is 13.2 Å². The second-order valence-corrected chi connectivity index (χ2v) is 5.09. The number of alkyl halides is 3. The van der Waals surface area contributed by atoms with Gasteiger partial charge in [-0.15, -0.1) is 0 Å². The molecule has 0 aliphatic rings. The van der Waals surface area contributed by atoms with Crippen molar-refractivity contribution < 1.29 is 13.2 Å². The van der Waals surface area contributed by atoms with Gasteiger partial charge in [0.2, 0.25) is 0 Å². The fraction of sp³-hybridized carbons (Fsp3) is 0.455. The van der Waals surface area contributed by atoms with Gasteiger partial charge in [-0.25, -0.2) is 4.98 Å². The topological polar surface area (TPSA) is 42.2 Å². The van der Waals surface area contributed by atoms with Crippen LogP contribution in [0.4, 0.5) is 19.0 Å². The molecule has 0 saturated heterocycles. The first-order valence-corrected chi connectivity index (χ1v) is 6.14. The summed E-state index contributed by atoms with van der Waals surface area (Å²) < 4.78 is 37.4. The van der Waals surface area contributed by atoms with E-state index < -0.39 is 11.7 Å². The molecule has 1 aromatic rings. The van der Waals surface area contributed by atoms with E-state index in [0.717, 1.165) is 12.3 Å². The van der Waals surface area contributed by atoms with Crippen LogP contribution in [-0.2, 0) is 6.18 Å². The van der Waals surface area contributed by atoms with Crippen molar-refractivity contribution in [1.29, 1.82) is 0 Å². The van der Waals surface area contributed by atoms with Crippen molar-refractivity contribution in [2.24, 2.45) is 11.7 Å². The zero-order valence-electron chi connectivity index (χ0n) is 10.3. The van der Waals surface area contributed by atoms with Crippen LogP contribution < -0.4 is 10.6 Å². The van der Waals surface area contributed by atoms with E-state index >= 15 is 0 Å². The van der Waals surface area contributed by atoms with E-state index in [-0.39, 0.29) is 16.8 Å².